The minimum atomic E-state index is -1.14. The summed E-state index contributed by atoms with van der Waals surface area (Å²) in [6, 6.07) is 11.0. The summed E-state index contributed by atoms with van der Waals surface area (Å²) in [4.78, 5) is 130. The number of carbonyl (C=O) groups excluding carboxylic acids is 9. The third-order valence-electron chi connectivity index (χ3n) is 12.5. The van der Waals surface area contributed by atoms with E-state index in [1.165, 1.54) is 25.5 Å². The molecule has 25 nitrogen and oxygen atoms in total. The molecular weight excluding hydrogens is 1010 g/mol. The van der Waals surface area contributed by atoms with Crippen LogP contribution in [0.3, 0.4) is 0 Å². The van der Waals surface area contributed by atoms with E-state index in [0.717, 1.165) is 10.6 Å². The van der Waals surface area contributed by atoms with Crippen LogP contribution in [0, 0.1) is 5.92 Å². The van der Waals surface area contributed by atoms with Crippen LogP contribution in [-0.4, -0.2) is 138 Å². The maximum Gasteiger partial charge on any atom is 0.408 e. The van der Waals surface area contributed by atoms with Crippen molar-refractivity contribution in [1.82, 2.24) is 41.1 Å². The van der Waals surface area contributed by atoms with Crippen LogP contribution in [0.1, 0.15) is 74.0 Å². The molecule has 0 saturated carbocycles. The molecule has 0 aliphatic carbocycles. The molecule has 9 amide bonds. The van der Waals surface area contributed by atoms with Crippen LogP contribution >= 0.6 is 0 Å². The number of urea groups is 1. The van der Waals surface area contributed by atoms with E-state index in [0.29, 0.717) is 79.3 Å². The fourth-order valence-electron chi connectivity index (χ4n) is 8.29. The lowest BCUT2D eigenvalue weighted by atomic mass is 10.0. The zero-order chi connectivity index (χ0) is 56.1. The Morgan fingerprint density at radius 3 is 2.18 bits per heavy atom. The Kier molecular flexibility index (Phi) is 21.5. The Hall–Kier alpha value is -9.00. The molecule has 0 bridgehead atoms. The lowest BCUT2D eigenvalue weighted by Gasteiger charge is -2.30. The molecule has 4 aromatic rings. The molecule has 2 aromatic heterocycles. The number of aromatic nitrogens is 3. The fourth-order valence-corrected chi connectivity index (χ4v) is 8.29. The van der Waals surface area contributed by atoms with E-state index in [1.54, 1.807) is 74.8 Å². The summed E-state index contributed by atoms with van der Waals surface area (Å²) >= 11 is 0. The number of pyridine rings is 1. The average molecular weight is 1080 g/mol. The third-order valence-corrected chi connectivity index (χ3v) is 12.5. The van der Waals surface area contributed by atoms with Crippen LogP contribution in [0.25, 0.3) is 11.3 Å². The van der Waals surface area contributed by atoms with Gasteiger partial charge >= 0.3 is 18.1 Å². The highest BCUT2D eigenvalue weighted by Gasteiger charge is 2.30. The molecule has 2 aromatic carbocycles. The Bertz CT molecular complexity index is 2810. The molecule has 0 radical (unpaired) electrons. The summed E-state index contributed by atoms with van der Waals surface area (Å²) in [7, 11) is 1.19. The van der Waals surface area contributed by atoms with Gasteiger partial charge in [0.15, 0.2) is 11.5 Å². The van der Waals surface area contributed by atoms with E-state index < -0.39 is 53.9 Å². The van der Waals surface area contributed by atoms with Gasteiger partial charge in [-0.25, -0.2) is 24.4 Å². The van der Waals surface area contributed by atoms with Gasteiger partial charge in [-0.05, 0) is 60.9 Å². The highest BCUT2D eigenvalue weighted by molar-refractivity contribution is 6.13. The molecule has 4 heterocycles. The first-order chi connectivity index (χ1) is 37.5. The van der Waals surface area contributed by atoms with Crippen molar-refractivity contribution in [3.8, 4) is 11.3 Å². The normalized spacial score (nSPS) is 14.2. The number of methoxy groups -OCH3 is 1. The summed E-state index contributed by atoms with van der Waals surface area (Å²) in [6.07, 6.45) is 8.16. The van der Waals surface area contributed by atoms with Crippen LogP contribution < -0.4 is 48.3 Å². The number of hydrogen-bond acceptors (Lipinski definition) is 17. The zero-order valence-corrected chi connectivity index (χ0v) is 43.6. The topological polar surface area (TPSA) is 351 Å². The number of alkyl carbamates (subject to hydrolysis) is 1. The smallest absolute Gasteiger partial charge is 0.408 e. The predicted molar refractivity (Wildman–Crippen MR) is 285 cm³/mol. The van der Waals surface area contributed by atoms with Crippen molar-refractivity contribution < 1.29 is 57.4 Å². The standard InChI is InChI=1S/C53H65N13O12/c1-32(2)45(64-42(67)9-5-4-6-23-66-43(68)18-19-44(66)69)49(71)61-37(8-7-21-57-52(55)74)48(70)59-36-16-12-34(13-17-36)31-78-53(75)63-38(51(73)76-3)28-33-10-14-35(15-11-33)39-30-58-47(54)46(60-39)50(72)62-40-29-56-22-20-41(40)65-24-26-77-27-25-65/h10-20,22,29-30,32,37-38,45H,4-9,21,23-28,31H2,1-3H3,(H2,54,58)(H,59,70)(H,61,71)(H,62,72)(H,63,75)(H,64,67)(H3,55,57,74)/t37-,38+,45-/m0/s1. The molecule has 2 aliphatic rings. The number of morpholine rings is 1. The van der Waals surface area contributed by atoms with Gasteiger partial charge < -0.3 is 62.5 Å². The Labute approximate surface area is 450 Å². The summed E-state index contributed by atoms with van der Waals surface area (Å²) in [5.74, 6) is -4.03. The minimum Gasteiger partial charge on any atom is -0.467 e. The molecule has 1 fully saturated rings. The van der Waals surface area contributed by atoms with Crippen molar-refractivity contribution in [3.63, 3.8) is 0 Å². The van der Waals surface area contributed by atoms with Crippen molar-refractivity contribution in [2.75, 3.05) is 67.8 Å². The summed E-state index contributed by atoms with van der Waals surface area (Å²) < 4.78 is 15.9. The second-order valence-corrected chi connectivity index (χ2v) is 18.6. The van der Waals surface area contributed by atoms with Gasteiger partial charge in [-0.15, -0.1) is 0 Å². The maximum absolute atomic E-state index is 13.7. The Balaban J connectivity index is 0.989. The molecule has 6 rings (SSSR count). The average Bonchev–Trinajstić information content (AvgIpc) is 3.77. The second-order valence-electron chi connectivity index (χ2n) is 18.6. The first kappa shape index (κ1) is 58.3. The number of carbonyl (C=O) groups is 9. The van der Waals surface area contributed by atoms with Crippen LogP contribution in [0.4, 0.5) is 32.5 Å². The summed E-state index contributed by atoms with van der Waals surface area (Å²) in [5.41, 5.74) is 15.0. The first-order valence-corrected chi connectivity index (χ1v) is 25.4. The van der Waals surface area contributed by atoms with Crippen LogP contribution in [0.2, 0.25) is 0 Å². The van der Waals surface area contributed by atoms with Gasteiger partial charge in [-0.3, -0.25) is 38.7 Å². The molecule has 2 aliphatic heterocycles. The fraction of sp³-hybridized carbons (Fsp3) is 0.396. The minimum absolute atomic E-state index is 0.0265. The van der Waals surface area contributed by atoms with Crippen molar-refractivity contribution in [2.45, 2.75) is 83.5 Å². The number of primary amides is 1. The van der Waals surface area contributed by atoms with Gasteiger partial charge in [0.2, 0.25) is 17.7 Å². The number of unbranched alkanes of at least 4 members (excludes halogenated alkanes) is 2. The van der Waals surface area contributed by atoms with Crippen LogP contribution in [0.5, 0.6) is 0 Å². The van der Waals surface area contributed by atoms with Crippen molar-refractivity contribution in [2.24, 2.45) is 11.7 Å². The number of esters is 1. The van der Waals surface area contributed by atoms with E-state index in [2.05, 4.69) is 51.8 Å². The molecule has 0 spiro atoms. The van der Waals surface area contributed by atoms with Crippen molar-refractivity contribution in [3.05, 3.63) is 102 Å². The van der Waals surface area contributed by atoms with Gasteiger partial charge in [-0.2, -0.15) is 0 Å². The Morgan fingerprint density at radius 1 is 0.795 bits per heavy atom. The van der Waals surface area contributed by atoms with Crippen molar-refractivity contribution in [1.29, 1.82) is 0 Å². The monoisotopic (exact) mass is 1080 g/mol. The van der Waals surface area contributed by atoms with Gasteiger partial charge in [0.05, 0.1) is 49.8 Å². The van der Waals surface area contributed by atoms with E-state index in [1.807, 2.05) is 6.07 Å². The van der Waals surface area contributed by atoms with Gasteiger partial charge in [0.1, 0.15) is 24.7 Å². The number of benzene rings is 2. The Morgan fingerprint density at radius 2 is 1.50 bits per heavy atom. The van der Waals surface area contributed by atoms with E-state index in [4.69, 9.17) is 25.7 Å². The largest absolute Gasteiger partial charge is 0.467 e. The first-order valence-electron chi connectivity index (χ1n) is 25.4. The quantitative estimate of drug-likeness (QED) is 0.0255. The number of amides is 9. The van der Waals surface area contributed by atoms with Crippen LogP contribution in [0.15, 0.2) is 85.3 Å². The van der Waals surface area contributed by atoms with E-state index >= 15 is 0 Å². The molecule has 25 heteroatoms. The molecule has 78 heavy (non-hydrogen) atoms. The number of nitrogens with one attached hydrogen (secondary N) is 6. The number of nitrogens with two attached hydrogens (primary N) is 2. The third kappa shape index (κ3) is 17.3. The number of nitrogen functional groups attached to an aromatic ring is 1. The molecule has 414 valence electrons. The van der Waals surface area contributed by atoms with Crippen molar-refractivity contribution >= 4 is 76.4 Å². The van der Waals surface area contributed by atoms with Gasteiger partial charge in [-0.1, -0.05) is 56.7 Å². The number of ether oxygens (including phenoxy) is 3. The number of rotatable bonds is 26. The maximum atomic E-state index is 13.7. The number of nitrogens with zero attached hydrogens (tertiary/aromatic N) is 5. The number of anilines is 4. The molecule has 3 atom stereocenters. The highest BCUT2D eigenvalue weighted by atomic mass is 16.6. The van der Waals surface area contributed by atoms with Gasteiger partial charge in [0, 0.05) is 68.6 Å². The van der Waals surface area contributed by atoms with E-state index in [-0.39, 0.29) is 80.5 Å². The second kappa shape index (κ2) is 28.8. The lowest BCUT2D eigenvalue weighted by molar-refractivity contribution is -0.143. The zero-order valence-electron chi connectivity index (χ0n) is 43.6. The highest BCUT2D eigenvalue weighted by Crippen LogP contribution is 2.27. The van der Waals surface area contributed by atoms with Gasteiger partial charge in [0.25, 0.3) is 17.7 Å². The number of imide groups is 1. The van der Waals surface area contributed by atoms with Crippen LogP contribution in [-0.2, 0) is 56.0 Å². The molecule has 10 N–H and O–H groups in total. The molecule has 1 saturated heterocycles. The SMILES string of the molecule is COC(=O)[C@@H](Cc1ccc(-c2cnc(N)c(C(=O)Nc3cnccc3N3CCOCC3)n2)cc1)NC(=O)OCc1ccc(NC(=O)[C@H](CCCNC(N)=O)NC(=O)[C@@H](NC(=O)CCCCCN2C(=O)C=CC2=O)C(C)C)cc1. The molecular formula is C53H65N13O12. The summed E-state index contributed by atoms with van der Waals surface area (Å²) in [5, 5.41) is 16.1. The van der Waals surface area contributed by atoms with E-state index in [9.17, 15) is 43.2 Å². The number of hydrogen-bond donors (Lipinski definition) is 8. The summed E-state index contributed by atoms with van der Waals surface area (Å²) in [6.45, 7) is 6.05. The molecule has 0 unspecified atom stereocenters. The lowest BCUT2D eigenvalue weighted by Crippen LogP contribution is -2.54. The predicted octanol–water partition coefficient (Wildman–Crippen LogP) is 2.72.